The number of benzene rings is 1. The minimum atomic E-state index is -0.119. The number of amides is 2. The monoisotopic (exact) mass is 409 g/mol. The molecule has 160 valence electrons. The van der Waals surface area contributed by atoms with Gasteiger partial charge in [0.15, 0.2) is 5.96 Å². The molecule has 1 saturated heterocycles. The number of para-hydroxylation sites is 1. The number of nitrogens with zero attached hydrogens (tertiary/aromatic N) is 3. The Labute approximate surface area is 178 Å². The highest BCUT2D eigenvalue weighted by atomic mass is 16.2. The minimum Gasteiger partial charge on any atom is -0.375 e. The van der Waals surface area contributed by atoms with Gasteiger partial charge in [-0.1, -0.05) is 30.4 Å². The van der Waals surface area contributed by atoms with Gasteiger partial charge in [-0.2, -0.15) is 0 Å². The lowest BCUT2D eigenvalue weighted by Crippen LogP contribution is -2.44. The summed E-state index contributed by atoms with van der Waals surface area (Å²) in [5.41, 5.74) is 1.20. The van der Waals surface area contributed by atoms with E-state index in [1.54, 1.807) is 7.05 Å². The van der Waals surface area contributed by atoms with E-state index in [1.165, 1.54) is 10.6 Å². The van der Waals surface area contributed by atoms with Gasteiger partial charge in [0.1, 0.15) is 0 Å². The standard InChI is InChI=1S/C23H31N5O2/c1-24-23(25-11-6-13-27(2)18-7-4-3-5-8-18)26-12-14-28-21(29)19-16-9-10-17(15-16)20(19)22(28)30/h3-5,7-10,16-17,19-20H,6,11-15H2,1-2H3,(H2,24,25,26). The van der Waals surface area contributed by atoms with Crippen LogP contribution in [-0.2, 0) is 9.59 Å². The number of nitrogens with one attached hydrogen (secondary N) is 2. The van der Waals surface area contributed by atoms with Gasteiger partial charge >= 0.3 is 0 Å². The molecule has 1 aliphatic heterocycles. The summed E-state index contributed by atoms with van der Waals surface area (Å²) in [5, 5.41) is 6.53. The SMILES string of the molecule is CN=C(NCCCN(C)c1ccccc1)NCCN1C(=O)C2C3C=CC(C3)C2C1=O. The number of hydrogen-bond acceptors (Lipinski definition) is 4. The van der Waals surface area contributed by atoms with Gasteiger partial charge in [0.2, 0.25) is 11.8 Å². The van der Waals surface area contributed by atoms with Crippen LogP contribution in [0.2, 0.25) is 0 Å². The van der Waals surface area contributed by atoms with Crippen molar-refractivity contribution >= 4 is 23.5 Å². The Hall–Kier alpha value is -2.83. The van der Waals surface area contributed by atoms with E-state index in [0.29, 0.717) is 19.0 Å². The molecule has 2 bridgehead atoms. The molecule has 1 aromatic rings. The molecule has 1 saturated carbocycles. The normalized spacial score (nSPS) is 27.0. The highest BCUT2D eigenvalue weighted by molar-refractivity contribution is 6.06. The Bertz CT molecular complexity index is 807. The molecule has 4 rings (SSSR count). The third kappa shape index (κ3) is 3.93. The molecule has 2 N–H and O–H groups in total. The summed E-state index contributed by atoms with van der Waals surface area (Å²) in [7, 11) is 3.81. The van der Waals surface area contributed by atoms with Gasteiger partial charge in [0.05, 0.1) is 11.8 Å². The van der Waals surface area contributed by atoms with E-state index in [2.05, 4.69) is 51.9 Å². The maximum atomic E-state index is 12.7. The molecule has 0 aromatic heterocycles. The van der Waals surface area contributed by atoms with Crippen molar-refractivity contribution in [3.63, 3.8) is 0 Å². The molecule has 1 aromatic carbocycles. The molecule has 0 radical (unpaired) electrons. The second kappa shape index (κ2) is 8.90. The Morgan fingerprint density at radius 3 is 2.33 bits per heavy atom. The Morgan fingerprint density at radius 2 is 1.70 bits per heavy atom. The van der Waals surface area contributed by atoms with Crippen LogP contribution >= 0.6 is 0 Å². The number of rotatable bonds is 8. The molecule has 0 spiro atoms. The first kappa shape index (κ1) is 20.4. The van der Waals surface area contributed by atoms with Crippen molar-refractivity contribution in [2.24, 2.45) is 28.7 Å². The lowest BCUT2D eigenvalue weighted by molar-refractivity contribution is -0.140. The summed E-state index contributed by atoms with van der Waals surface area (Å²) in [5.74, 6) is 0.998. The number of aliphatic imine (C=N–C) groups is 1. The van der Waals surface area contributed by atoms with Crippen molar-refractivity contribution in [3.8, 4) is 0 Å². The van der Waals surface area contributed by atoms with Crippen LogP contribution in [0.5, 0.6) is 0 Å². The summed E-state index contributed by atoms with van der Waals surface area (Å²) >= 11 is 0. The first-order valence-electron chi connectivity index (χ1n) is 10.8. The third-order valence-corrected chi connectivity index (χ3v) is 6.57. The lowest BCUT2D eigenvalue weighted by Gasteiger charge is -2.20. The lowest BCUT2D eigenvalue weighted by atomic mass is 9.85. The molecule has 7 nitrogen and oxygen atoms in total. The molecular weight excluding hydrogens is 378 g/mol. The molecule has 2 amide bonds. The van der Waals surface area contributed by atoms with Crippen molar-refractivity contribution in [2.75, 3.05) is 45.2 Å². The highest BCUT2D eigenvalue weighted by Gasteiger charge is 2.58. The summed E-state index contributed by atoms with van der Waals surface area (Å²) < 4.78 is 0. The second-order valence-corrected chi connectivity index (χ2v) is 8.36. The van der Waals surface area contributed by atoms with Crippen LogP contribution in [0.25, 0.3) is 0 Å². The summed E-state index contributed by atoms with van der Waals surface area (Å²) in [4.78, 5) is 33.4. The number of imide groups is 1. The van der Waals surface area contributed by atoms with Gasteiger partial charge in [-0.25, -0.2) is 0 Å². The van der Waals surface area contributed by atoms with Crippen molar-refractivity contribution in [2.45, 2.75) is 12.8 Å². The Kier molecular flexibility index (Phi) is 6.06. The Balaban J connectivity index is 1.17. The maximum Gasteiger partial charge on any atom is 0.233 e. The fourth-order valence-corrected chi connectivity index (χ4v) is 5.03. The number of hydrogen-bond donors (Lipinski definition) is 2. The number of carbonyl (C=O) groups is 2. The molecule has 4 unspecified atom stereocenters. The largest absolute Gasteiger partial charge is 0.375 e. The predicted octanol–water partition coefficient (Wildman–Crippen LogP) is 1.48. The van der Waals surface area contributed by atoms with E-state index in [0.717, 1.165) is 25.9 Å². The minimum absolute atomic E-state index is 0.00976. The molecular formula is C23H31N5O2. The molecule has 4 atom stereocenters. The van der Waals surface area contributed by atoms with E-state index >= 15 is 0 Å². The fraction of sp³-hybridized carbons (Fsp3) is 0.522. The number of guanidine groups is 1. The van der Waals surface area contributed by atoms with Crippen LogP contribution in [0.15, 0.2) is 47.5 Å². The van der Waals surface area contributed by atoms with Gasteiger partial charge in [0.25, 0.3) is 0 Å². The van der Waals surface area contributed by atoms with Crippen molar-refractivity contribution in [1.82, 2.24) is 15.5 Å². The van der Waals surface area contributed by atoms with Gasteiger partial charge in [-0.3, -0.25) is 19.5 Å². The molecule has 30 heavy (non-hydrogen) atoms. The van der Waals surface area contributed by atoms with Crippen LogP contribution in [0.4, 0.5) is 5.69 Å². The zero-order chi connectivity index (χ0) is 21.1. The average molecular weight is 410 g/mol. The molecule has 2 aliphatic carbocycles. The van der Waals surface area contributed by atoms with Crippen LogP contribution < -0.4 is 15.5 Å². The van der Waals surface area contributed by atoms with Crippen LogP contribution in [0.3, 0.4) is 0 Å². The van der Waals surface area contributed by atoms with Crippen LogP contribution in [0, 0.1) is 23.7 Å². The van der Waals surface area contributed by atoms with E-state index in [4.69, 9.17) is 0 Å². The third-order valence-electron chi connectivity index (χ3n) is 6.57. The fourth-order valence-electron chi connectivity index (χ4n) is 5.03. The number of anilines is 1. The predicted molar refractivity (Wildman–Crippen MR) is 118 cm³/mol. The van der Waals surface area contributed by atoms with Crippen LogP contribution in [0.1, 0.15) is 12.8 Å². The smallest absolute Gasteiger partial charge is 0.233 e. The van der Waals surface area contributed by atoms with E-state index in [1.807, 2.05) is 18.2 Å². The van der Waals surface area contributed by atoms with Gasteiger partial charge in [-0.05, 0) is 36.8 Å². The number of likely N-dealkylation sites (tertiary alicyclic amines) is 1. The first-order valence-corrected chi connectivity index (χ1v) is 10.8. The molecule has 7 heteroatoms. The van der Waals surface area contributed by atoms with Crippen molar-refractivity contribution in [1.29, 1.82) is 0 Å². The van der Waals surface area contributed by atoms with E-state index in [-0.39, 0.29) is 35.5 Å². The second-order valence-electron chi connectivity index (χ2n) is 8.36. The van der Waals surface area contributed by atoms with E-state index < -0.39 is 0 Å². The molecule has 1 heterocycles. The summed E-state index contributed by atoms with van der Waals surface area (Å²) in [6.07, 6.45) is 6.18. The quantitative estimate of drug-likeness (QED) is 0.224. The number of allylic oxidation sites excluding steroid dienone is 2. The Morgan fingerprint density at radius 1 is 1.07 bits per heavy atom. The van der Waals surface area contributed by atoms with Gasteiger partial charge in [0, 0.05) is 46.0 Å². The average Bonchev–Trinajstić information content (AvgIpc) is 3.45. The zero-order valence-electron chi connectivity index (χ0n) is 17.8. The topological polar surface area (TPSA) is 77.0 Å². The van der Waals surface area contributed by atoms with Gasteiger partial charge in [-0.15, -0.1) is 0 Å². The summed E-state index contributed by atoms with van der Waals surface area (Å²) in [6, 6.07) is 10.3. The number of fused-ring (bicyclic) bond motifs is 5. The first-order chi connectivity index (χ1) is 14.6. The van der Waals surface area contributed by atoms with Crippen LogP contribution in [-0.4, -0.2) is 62.9 Å². The van der Waals surface area contributed by atoms with Crippen molar-refractivity contribution in [3.05, 3.63) is 42.5 Å². The van der Waals surface area contributed by atoms with Gasteiger partial charge < -0.3 is 15.5 Å². The number of carbonyl (C=O) groups excluding carboxylic acids is 2. The zero-order valence-corrected chi connectivity index (χ0v) is 17.8. The van der Waals surface area contributed by atoms with Crippen molar-refractivity contribution < 1.29 is 9.59 Å². The molecule has 3 aliphatic rings. The molecule has 2 fully saturated rings. The highest BCUT2D eigenvalue weighted by Crippen LogP contribution is 2.52. The summed E-state index contributed by atoms with van der Waals surface area (Å²) in [6.45, 7) is 2.62. The van der Waals surface area contributed by atoms with E-state index in [9.17, 15) is 9.59 Å². The maximum absolute atomic E-state index is 12.7.